The Morgan fingerprint density at radius 1 is 1.40 bits per heavy atom. The van der Waals surface area contributed by atoms with Gasteiger partial charge in [-0.05, 0) is 12.0 Å². The summed E-state index contributed by atoms with van der Waals surface area (Å²) in [6.07, 6.45) is 0.645. The zero-order valence-corrected chi connectivity index (χ0v) is 11.5. The van der Waals surface area contributed by atoms with Gasteiger partial charge in [0.2, 0.25) is 5.91 Å². The lowest BCUT2D eigenvalue weighted by Gasteiger charge is -2.35. The molecule has 0 bridgehead atoms. The maximum atomic E-state index is 12.7. The lowest BCUT2D eigenvalue weighted by molar-refractivity contribution is -0.159. The van der Waals surface area contributed by atoms with Gasteiger partial charge in [-0.25, -0.2) is 4.79 Å². The quantitative estimate of drug-likeness (QED) is 0.905. The van der Waals surface area contributed by atoms with E-state index in [1.165, 1.54) is 4.90 Å². The zero-order valence-electron chi connectivity index (χ0n) is 11.5. The summed E-state index contributed by atoms with van der Waals surface area (Å²) in [5.41, 5.74) is 0.927. The van der Waals surface area contributed by atoms with Gasteiger partial charge in [-0.3, -0.25) is 4.79 Å². The highest BCUT2D eigenvalue weighted by molar-refractivity contribution is 5.88. The van der Waals surface area contributed by atoms with E-state index in [9.17, 15) is 14.7 Å². The van der Waals surface area contributed by atoms with Crippen LogP contribution in [-0.2, 0) is 14.3 Å². The highest BCUT2D eigenvalue weighted by atomic mass is 16.5. The highest BCUT2D eigenvalue weighted by Crippen LogP contribution is 2.24. The molecule has 0 aliphatic carbocycles. The molecule has 1 N–H and O–H groups in total. The lowest BCUT2D eigenvalue weighted by atomic mass is 9.94. The van der Waals surface area contributed by atoms with E-state index in [0.717, 1.165) is 5.56 Å². The Morgan fingerprint density at radius 2 is 2.10 bits per heavy atom. The molecule has 0 spiro atoms. The van der Waals surface area contributed by atoms with E-state index in [1.54, 1.807) is 0 Å². The molecule has 1 aromatic rings. The van der Waals surface area contributed by atoms with Crippen LogP contribution >= 0.6 is 0 Å². The molecule has 1 aromatic carbocycles. The number of hydrogen-bond acceptors (Lipinski definition) is 3. The largest absolute Gasteiger partial charge is 0.480 e. The molecular weight excluding hydrogens is 258 g/mol. The van der Waals surface area contributed by atoms with Crippen LogP contribution in [0.2, 0.25) is 0 Å². The van der Waals surface area contributed by atoms with Crippen molar-refractivity contribution in [1.82, 2.24) is 4.90 Å². The van der Waals surface area contributed by atoms with Gasteiger partial charge in [0.05, 0.1) is 19.1 Å². The lowest BCUT2D eigenvalue weighted by Crippen LogP contribution is -2.53. The Kier molecular flexibility index (Phi) is 4.74. The smallest absolute Gasteiger partial charge is 0.328 e. The first-order chi connectivity index (χ1) is 9.65. The maximum absolute atomic E-state index is 12.7. The summed E-state index contributed by atoms with van der Waals surface area (Å²) in [4.78, 5) is 25.3. The van der Waals surface area contributed by atoms with Crippen molar-refractivity contribution >= 4 is 11.9 Å². The summed E-state index contributed by atoms with van der Waals surface area (Å²) in [5.74, 6) is -1.44. The van der Waals surface area contributed by atoms with Crippen molar-refractivity contribution in [2.45, 2.75) is 25.3 Å². The molecule has 5 nitrogen and oxygen atoms in total. The fraction of sp³-hybridized carbons (Fsp3) is 0.467. The third-order valence-corrected chi connectivity index (χ3v) is 3.60. The Balaban J connectivity index is 2.21. The molecule has 108 valence electrons. The number of nitrogens with zero attached hydrogens (tertiary/aromatic N) is 1. The second-order valence-electron chi connectivity index (χ2n) is 4.83. The van der Waals surface area contributed by atoms with Crippen LogP contribution in [0.25, 0.3) is 0 Å². The highest BCUT2D eigenvalue weighted by Gasteiger charge is 2.35. The van der Waals surface area contributed by atoms with Gasteiger partial charge < -0.3 is 14.7 Å². The zero-order chi connectivity index (χ0) is 14.5. The fourth-order valence-electron chi connectivity index (χ4n) is 2.51. The molecule has 2 rings (SSSR count). The van der Waals surface area contributed by atoms with Crippen LogP contribution in [0.4, 0.5) is 0 Å². The number of rotatable bonds is 4. The summed E-state index contributed by atoms with van der Waals surface area (Å²) >= 11 is 0. The first-order valence-electron chi connectivity index (χ1n) is 6.81. The number of carbonyl (C=O) groups is 2. The minimum atomic E-state index is -1.01. The van der Waals surface area contributed by atoms with Crippen molar-refractivity contribution in [1.29, 1.82) is 0 Å². The van der Waals surface area contributed by atoms with E-state index < -0.39 is 12.0 Å². The molecule has 0 saturated carbocycles. The maximum Gasteiger partial charge on any atom is 0.328 e. The van der Waals surface area contributed by atoms with Crippen molar-refractivity contribution in [3.8, 4) is 0 Å². The van der Waals surface area contributed by atoms with Gasteiger partial charge in [-0.2, -0.15) is 0 Å². The standard InChI is InChI=1S/C15H19NO4/c1-2-12(11-6-4-3-5-7-11)14(17)16-8-9-20-10-13(16)15(18)19/h3-7,12-13H,2,8-10H2,1H3,(H,18,19)/t12-,13-/m0/s1. The van der Waals surface area contributed by atoms with Crippen LogP contribution in [0.5, 0.6) is 0 Å². The second-order valence-corrected chi connectivity index (χ2v) is 4.83. The van der Waals surface area contributed by atoms with Gasteiger partial charge in [0, 0.05) is 6.54 Å². The van der Waals surface area contributed by atoms with E-state index in [2.05, 4.69) is 0 Å². The molecule has 5 heteroatoms. The number of amides is 1. The van der Waals surface area contributed by atoms with Crippen molar-refractivity contribution in [3.63, 3.8) is 0 Å². The Morgan fingerprint density at radius 3 is 2.70 bits per heavy atom. The molecule has 1 aliphatic heterocycles. The first-order valence-corrected chi connectivity index (χ1v) is 6.81. The van der Waals surface area contributed by atoms with Crippen LogP contribution < -0.4 is 0 Å². The van der Waals surface area contributed by atoms with Crippen molar-refractivity contribution in [3.05, 3.63) is 35.9 Å². The normalized spacial score (nSPS) is 20.4. The minimum Gasteiger partial charge on any atom is -0.480 e. The summed E-state index contributed by atoms with van der Waals surface area (Å²) < 4.78 is 5.17. The van der Waals surface area contributed by atoms with Gasteiger partial charge >= 0.3 is 5.97 Å². The van der Waals surface area contributed by atoms with Crippen LogP contribution in [0.15, 0.2) is 30.3 Å². The third-order valence-electron chi connectivity index (χ3n) is 3.60. The van der Waals surface area contributed by atoms with Crippen molar-refractivity contribution in [2.24, 2.45) is 0 Å². The first kappa shape index (κ1) is 14.5. The van der Waals surface area contributed by atoms with E-state index in [0.29, 0.717) is 19.6 Å². The Labute approximate surface area is 118 Å². The number of hydrogen-bond donors (Lipinski definition) is 1. The number of ether oxygens (including phenoxy) is 1. The van der Waals surface area contributed by atoms with Gasteiger partial charge in [-0.15, -0.1) is 0 Å². The summed E-state index contributed by atoms with van der Waals surface area (Å²) in [6.45, 7) is 2.72. The molecular formula is C15H19NO4. The fourth-order valence-corrected chi connectivity index (χ4v) is 2.51. The van der Waals surface area contributed by atoms with E-state index in [4.69, 9.17) is 4.74 Å². The molecule has 0 aromatic heterocycles. The summed E-state index contributed by atoms with van der Waals surface area (Å²) in [6, 6.07) is 8.60. The van der Waals surface area contributed by atoms with Crippen molar-refractivity contribution < 1.29 is 19.4 Å². The van der Waals surface area contributed by atoms with E-state index >= 15 is 0 Å². The summed E-state index contributed by atoms with van der Waals surface area (Å²) in [7, 11) is 0. The number of carboxylic acid groups (broad SMARTS) is 1. The molecule has 1 heterocycles. The molecule has 1 saturated heterocycles. The van der Waals surface area contributed by atoms with Crippen LogP contribution in [-0.4, -0.2) is 47.7 Å². The number of benzene rings is 1. The molecule has 0 radical (unpaired) electrons. The molecule has 1 fully saturated rings. The topological polar surface area (TPSA) is 66.8 Å². The SMILES string of the molecule is CC[C@H](C(=O)N1CCOC[C@H]1C(=O)O)c1ccccc1. The van der Waals surface area contributed by atoms with Crippen LogP contribution in [0.3, 0.4) is 0 Å². The van der Waals surface area contributed by atoms with E-state index in [-0.39, 0.29) is 18.4 Å². The molecule has 1 aliphatic rings. The molecule has 0 unspecified atom stereocenters. The number of morpholine rings is 1. The van der Waals surface area contributed by atoms with E-state index in [1.807, 2.05) is 37.3 Å². The monoisotopic (exact) mass is 277 g/mol. The van der Waals surface area contributed by atoms with Crippen LogP contribution in [0.1, 0.15) is 24.8 Å². The molecule has 20 heavy (non-hydrogen) atoms. The third kappa shape index (κ3) is 2.99. The minimum absolute atomic E-state index is 0.0618. The van der Waals surface area contributed by atoms with Gasteiger partial charge in [0.1, 0.15) is 0 Å². The predicted molar refractivity (Wildman–Crippen MR) is 73.4 cm³/mol. The number of carbonyl (C=O) groups excluding carboxylic acids is 1. The predicted octanol–water partition coefficient (Wildman–Crippen LogP) is 1.49. The second kappa shape index (κ2) is 6.52. The Hall–Kier alpha value is -1.88. The average Bonchev–Trinajstić information content (AvgIpc) is 2.49. The number of aliphatic carboxylic acids is 1. The molecule has 2 atom stereocenters. The number of carboxylic acids is 1. The van der Waals surface area contributed by atoms with Gasteiger partial charge in [0.15, 0.2) is 6.04 Å². The average molecular weight is 277 g/mol. The van der Waals surface area contributed by atoms with Crippen molar-refractivity contribution in [2.75, 3.05) is 19.8 Å². The van der Waals surface area contributed by atoms with Gasteiger partial charge in [-0.1, -0.05) is 37.3 Å². The van der Waals surface area contributed by atoms with Crippen LogP contribution in [0, 0.1) is 0 Å². The Bertz CT molecular complexity index is 474. The molecule has 1 amide bonds. The van der Waals surface area contributed by atoms with Gasteiger partial charge in [0.25, 0.3) is 0 Å². The summed E-state index contributed by atoms with van der Waals surface area (Å²) in [5, 5.41) is 9.21.